The summed E-state index contributed by atoms with van der Waals surface area (Å²) in [7, 11) is 0. The van der Waals surface area contributed by atoms with Gasteiger partial charge in [-0.05, 0) is 49.3 Å². The van der Waals surface area contributed by atoms with Crippen LogP contribution in [0, 0.1) is 5.92 Å². The standard InChI is InChI=1S/C16H21N/c1-2-6-13-12(5-1)11-15-14-7-3-4-8-16(13,14)9-10-17-15/h1-2,5-6,14-15,17H,3-4,7-11H2/t14-,15?,16-/m0/s1. The van der Waals surface area contributed by atoms with Gasteiger partial charge in [0.1, 0.15) is 0 Å². The Morgan fingerprint density at radius 3 is 3.06 bits per heavy atom. The zero-order valence-corrected chi connectivity index (χ0v) is 10.4. The summed E-state index contributed by atoms with van der Waals surface area (Å²) in [4.78, 5) is 0. The molecule has 1 saturated heterocycles. The quantitative estimate of drug-likeness (QED) is 0.718. The van der Waals surface area contributed by atoms with Gasteiger partial charge in [-0.25, -0.2) is 0 Å². The van der Waals surface area contributed by atoms with Crippen molar-refractivity contribution in [2.24, 2.45) is 5.92 Å². The van der Waals surface area contributed by atoms with Crippen molar-refractivity contribution < 1.29 is 0 Å². The number of hydrogen-bond donors (Lipinski definition) is 1. The maximum absolute atomic E-state index is 3.79. The Bertz CT molecular complexity index is 435. The van der Waals surface area contributed by atoms with E-state index in [-0.39, 0.29) is 0 Å². The minimum Gasteiger partial charge on any atom is -0.313 e. The van der Waals surface area contributed by atoms with E-state index in [1.807, 2.05) is 0 Å². The molecule has 4 rings (SSSR count). The third-order valence-electron chi connectivity index (χ3n) is 5.55. The summed E-state index contributed by atoms with van der Waals surface area (Å²) in [5.41, 5.74) is 3.88. The lowest BCUT2D eigenvalue weighted by molar-refractivity contribution is 0.0798. The third-order valence-corrected chi connectivity index (χ3v) is 5.55. The fraction of sp³-hybridized carbons (Fsp3) is 0.625. The Balaban J connectivity index is 1.90. The molecule has 0 radical (unpaired) electrons. The number of hydrogen-bond acceptors (Lipinski definition) is 1. The van der Waals surface area contributed by atoms with Gasteiger partial charge in [-0.15, -0.1) is 0 Å². The average Bonchev–Trinajstić information content (AvgIpc) is 2.39. The summed E-state index contributed by atoms with van der Waals surface area (Å²) in [5.74, 6) is 0.917. The number of benzene rings is 1. The van der Waals surface area contributed by atoms with Crippen LogP contribution >= 0.6 is 0 Å². The lowest BCUT2D eigenvalue weighted by Gasteiger charge is -2.56. The second-order valence-electron chi connectivity index (χ2n) is 6.18. The lowest BCUT2D eigenvalue weighted by Crippen LogP contribution is -2.59. The third kappa shape index (κ3) is 1.29. The van der Waals surface area contributed by atoms with Crippen molar-refractivity contribution in [3.63, 3.8) is 0 Å². The van der Waals surface area contributed by atoms with E-state index in [2.05, 4.69) is 29.6 Å². The second kappa shape index (κ2) is 3.58. The first-order chi connectivity index (χ1) is 8.40. The highest BCUT2D eigenvalue weighted by Gasteiger charge is 2.51. The molecule has 90 valence electrons. The fourth-order valence-corrected chi connectivity index (χ4v) is 4.89. The van der Waals surface area contributed by atoms with Gasteiger partial charge in [0.05, 0.1) is 0 Å². The van der Waals surface area contributed by atoms with Gasteiger partial charge in [0, 0.05) is 11.5 Å². The first kappa shape index (κ1) is 10.1. The zero-order valence-electron chi connectivity index (χ0n) is 10.4. The van der Waals surface area contributed by atoms with E-state index in [1.165, 1.54) is 45.1 Å². The van der Waals surface area contributed by atoms with Gasteiger partial charge >= 0.3 is 0 Å². The highest BCUT2D eigenvalue weighted by atomic mass is 15.0. The molecule has 1 aromatic rings. The van der Waals surface area contributed by atoms with Crippen molar-refractivity contribution >= 4 is 0 Å². The summed E-state index contributed by atoms with van der Waals surface area (Å²) in [5, 5.41) is 3.79. The topological polar surface area (TPSA) is 12.0 Å². The van der Waals surface area contributed by atoms with Gasteiger partial charge in [-0.1, -0.05) is 37.1 Å². The first-order valence-corrected chi connectivity index (χ1v) is 7.22. The van der Waals surface area contributed by atoms with Gasteiger partial charge < -0.3 is 5.32 Å². The number of fused-ring (bicyclic) bond motifs is 1. The Kier molecular flexibility index (Phi) is 2.14. The summed E-state index contributed by atoms with van der Waals surface area (Å²) >= 11 is 0. The normalized spacial score (nSPS) is 39.3. The molecule has 1 unspecified atom stereocenters. The average molecular weight is 227 g/mol. The summed E-state index contributed by atoms with van der Waals surface area (Å²) in [6.45, 7) is 1.23. The first-order valence-electron chi connectivity index (χ1n) is 7.22. The fourth-order valence-electron chi connectivity index (χ4n) is 4.89. The van der Waals surface area contributed by atoms with Crippen LogP contribution in [0.2, 0.25) is 0 Å². The number of rotatable bonds is 0. The summed E-state index contributed by atoms with van der Waals surface area (Å²) < 4.78 is 0. The van der Waals surface area contributed by atoms with Crippen LogP contribution in [0.15, 0.2) is 24.3 Å². The lowest BCUT2D eigenvalue weighted by atomic mass is 9.53. The predicted molar refractivity (Wildman–Crippen MR) is 70.2 cm³/mol. The molecule has 0 spiro atoms. The molecule has 2 fully saturated rings. The Morgan fingerprint density at radius 2 is 2.06 bits per heavy atom. The molecule has 3 atom stereocenters. The van der Waals surface area contributed by atoms with E-state index in [1.54, 1.807) is 11.1 Å². The minimum absolute atomic E-state index is 0.545. The predicted octanol–water partition coefficient (Wildman–Crippen LogP) is 3.03. The molecule has 1 heterocycles. The van der Waals surface area contributed by atoms with Crippen molar-refractivity contribution in [3.05, 3.63) is 35.4 Å². The largest absolute Gasteiger partial charge is 0.313 e. The molecule has 1 saturated carbocycles. The molecule has 1 aromatic carbocycles. The highest BCUT2D eigenvalue weighted by Crippen LogP contribution is 2.53. The van der Waals surface area contributed by atoms with Gasteiger partial charge in [0.25, 0.3) is 0 Å². The second-order valence-corrected chi connectivity index (χ2v) is 6.18. The van der Waals surface area contributed by atoms with Crippen molar-refractivity contribution in [2.75, 3.05) is 6.54 Å². The summed E-state index contributed by atoms with van der Waals surface area (Å²) in [6.07, 6.45) is 8.41. The molecule has 3 aliphatic rings. The molecule has 17 heavy (non-hydrogen) atoms. The molecule has 1 N–H and O–H groups in total. The zero-order chi connectivity index (χ0) is 11.3. The number of piperidine rings is 1. The highest BCUT2D eigenvalue weighted by molar-refractivity contribution is 5.41. The summed E-state index contributed by atoms with van der Waals surface area (Å²) in [6, 6.07) is 10.0. The molecule has 0 amide bonds. The van der Waals surface area contributed by atoms with E-state index in [0.717, 1.165) is 12.0 Å². The minimum atomic E-state index is 0.545. The van der Waals surface area contributed by atoms with E-state index in [4.69, 9.17) is 0 Å². The monoisotopic (exact) mass is 227 g/mol. The van der Waals surface area contributed by atoms with Crippen LogP contribution in [0.4, 0.5) is 0 Å². The van der Waals surface area contributed by atoms with Gasteiger partial charge in [-0.2, -0.15) is 0 Å². The van der Waals surface area contributed by atoms with Crippen molar-refractivity contribution in [1.82, 2.24) is 5.32 Å². The van der Waals surface area contributed by atoms with Crippen LogP contribution in [-0.4, -0.2) is 12.6 Å². The van der Waals surface area contributed by atoms with Gasteiger partial charge in [0.2, 0.25) is 0 Å². The molecular formula is C16H21N. The van der Waals surface area contributed by atoms with Crippen LogP contribution in [0.1, 0.15) is 43.2 Å². The van der Waals surface area contributed by atoms with Gasteiger partial charge in [0.15, 0.2) is 0 Å². The van der Waals surface area contributed by atoms with Crippen LogP contribution in [-0.2, 0) is 11.8 Å². The molecule has 2 aliphatic carbocycles. The molecule has 2 bridgehead atoms. The molecule has 0 aromatic heterocycles. The van der Waals surface area contributed by atoms with E-state index < -0.39 is 0 Å². The number of nitrogens with one attached hydrogen (secondary N) is 1. The van der Waals surface area contributed by atoms with Crippen molar-refractivity contribution in [2.45, 2.75) is 50.0 Å². The van der Waals surface area contributed by atoms with E-state index in [0.29, 0.717) is 5.41 Å². The maximum atomic E-state index is 3.79. The Hall–Kier alpha value is -0.820. The van der Waals surface area contributed by atoms with Crippen LogP contribution < -0.4 is 5.32 Å². The Morgan fingerprint density at radius 1 is 1.12 bits per heavy atom. The SMILES string of the molecule is c1ccc2c(c1)CC1NCC[C@@]23CCCC[C@@H]13. The van der Waals surface area contributed by atoms with Crippen LogP contribution in [0.25, 0.3) is 0 Å². The maximum Gasteiger partial charge on any atom is 0.0144 e. The van der Waals surface area contributed by atoms with Crippen LogP contribution in [0.3, 0.4) is 0 Å². The molecule has 1 nitrogen and oxygen atoms in total. The van der Waals surface area contributed by atoms with Crippen LogP contribution in [0.5, 0.6) is 0 Å². The Labute approximate surface area is 104 Å². The molecule has 1 heteroatoms. The smallest absolute Gasteiger partial charge is 0.0144 e. The molecule has 1 aliphatic heterocycles. The molecular weight excluding hydrogens is 206 g/mol. The van der Waals surface area contributed by atoms with Crippen molar-refractivity contribution in [3.8, 4) is 0 Å². The van der Waals surface area contributed by atoms with E-state index >= 15 is 0 Å². The van der Waals surface area contributed by atoms with Crippen molar-refractivity contribution in [1.29, 1.82) is 0 Å². The van der Waals surface area contributed by atoms with E-state index in [9.17, 15) is 0 Å². The van der Waals surface area contributed by atoms with Gasteiger partial charge in [-0.3, -0.25) is 0 Å².